The molecule has 1 saturated heterocycles. The number of ether oxygens (including phenoxy) is 2. The van der Waals surface area contributed by atoms with E-state index >= 15 is 0 Å². The standard InChI is InChI=1S/C10H17N5O2/c1-11-9-8(16-2)10(13-7-12-9)14-15-3-5-17-6-4-15/h7H,3-6H2,1-2H3,(H2,11,12,13,14). The predicted molar refractivity (Wildman–Crippen MR) is 64.1 cm³/mol. The van der Waals surface area contributed by atoms with Crippen LogP contribution in [0.2, 0.25) is 0 Å². The monoisotopic (exact) mass is 239 g/mol. The molecule has 7 nitrogen and oxygen atoms in total. The van der Waals surface area contributed by atoms with E-state index in [1.165, 1.54) is 6.33 Å². The highest BCUT2D eigenvalue weighted by Gasteiger charge is 2.15. The van der Waals surface area contributed by atoms with Crippen LogP contribution in [0.1, 0.15) is 0 Å². The first kappa shape index (κ1) is 11.9. The summed E-state index contributed by atoms with van der Waals surface area (Å²) in [6.45, 7) is 3.09. The Hall–Kier alpha value is -1.60. The number of anilines is 2. The second-order valence-corrected chi connectivity index (χ2v) is 3.57. The Bertz CT molecular complexity index is 368. The molecule has 94 valence electrons. The highest BCUT2D eigenvalue weighted by molar-refractivity contribution is 5.62. The van der Waals surface area contributed by atoms with Crippen LogP contribution in [0.15, 0.2) is 6.33 Å². The summed E-state index contributed by atoms with van der Waals surface area (Å²) < 4.78 is 10.6. The molecule has 0 radical (unpaired) electrons. The summed E-state index contributed by atoms with van der Waals surface area (Å²) in [7, 11) is 3.40. The van der Waals surface area contributed by atoms with E-state index in [2.05, 4.69) is 20.7 Å². The second kappa shape index (κ2) is 5.65. The van der Waals surface area contributed by atoms with Crippen molar-refractivity contribution >= 4 is 11.6 Å². The van der Waals surface area contributed by atoms with Crippen molar-refractivity contribution in [3.63, 3.8) is 0 Å². The largest absolute Gasteiger partial charge is 0.490 e. The lowest BCUT2D eigenvalue weighted by molar-refractivity contribution is 0.0493. The van der Waals surface area contributed by atoms with E-state index in [-0.39, 0.29) is 0 Å². The summed E-state index contributed by atoms with van der Waals surface area (Å²) >= 11 is 0. The highest BCUT2D eigenvalue weighted by Crippen LogP contribution is 2.28. The van der Waals surface area contributed by atoms with Crippen molar-refractivity contribution in [1.82, 2.24) is 15.0 Å². The number of hydrazine groups is 1. The fourth-order valence-corrected chi connectivity index (χ4v) is 1.65. The van der Waals surface area contributed by atoms with E-state index in [1.54, 1.807) is 14.2 Å². The van der Waals surface area contributed by atoms with Gasteiger partial charge in [-0.05, 0) is 0 Å². The van der Waals surface area contributed by atoms with Crippen LogP contribution in [0.4, 0.5) is 11.6 Å². The number of hydrogen-bond acceptors (Lipinski definition) is 7. The first-order valence-corrected chi connectivity index (χ1v) is 5.51. The van der Waals surface area contributed by atoms with E-state index in [0.29, 0.717) is 17.4 Å². The molecular formula is C10H17N5O2. The lowest BCUT2D eigenvalue weighted by Gasteiger charge is -2.28. The number of methoxy groups -OCH3 is 1. The molecule has 1 aliphatic rings. The minimum absolute atomic E-state index is 0.612. The lowest BCUT2D eigenvalue weighted by Crippen LogP contribution is -2.40. The Labute approximate surface area is 100 Å². The molecule has 0 atom stereocenters. The summed E-state index contributed by atoms with van der Waals surface area (Å²) in [5.74, 6) is 1.94. The summed E-state index contributed by atoms with van der Waals surface area (Å²) in [5, 5.41) is 5.01. The molecule has 2 N–H and O–H groups in total. The second-order valence-electron chi connectivity index (χ2n) is 3.57. The topological polar surface area (TPSA) is 71.5 Å². The minimum Gasteiger partial charge on any atom is -0.490 e. The molecule has 0 aliphatic carbocycles. The number of nitrogens with zero attached hydrogens (tertiary/aromatic N) is 3. The van der Waals surface area contributed by atoms with Crippen LogP contribution in [0.5, 0.6) is 5.75 Å². The van der Waals surface area contributed by atoms with E-state index in [4.69, 9.17) is 9.47 Å². The molecule has 1 aliphatic heterocycles. The van der Waals surface area contributed by atoms with Crippen molar-refractivity contribution in [1.29, 1.82) is 0 Å². The molecule has 1 aromatic rings. The Morgan fingerprint density at radius 2 is 2.00 bits per heavy atom. The van der Waals surface area contributed by atoms with Crippen molar-refractivity contribution < 1.29 is 9.47 Å². The van der Waals surface area contributed by atoms with Gasteiger partial charge in [-0.15, -0.1) is 0 Å². The average molecular weight is 239 g/mol. The molecule has 0 unspecified atom stereocenters. The van der Waals surface area contributed by atoms with Crippen molar-refractivity contribution in [2.45, 2.75) is 0 Å². The van der Waals surface area contributed by atoms with E-state index in [9.17, 15) is 0 Å². The van der Waals surface area contributed by atoms with Gasteiger partial charge in [-0.25, -0.2) is 15.0 Å². The average Bonchev–Trinajstić information content (AvgIpc) is 2.39. The Kier molecular flexibility index (Phi) is 3.94. The van der Waals surface area contributed by atoms with Crippen LogP contribution in [0, 0.1) is 0 Å². The van der Waals surface area contributed by atoms with Gasteiger partial charge >= 0.3 is 0 Å². The molecular weight excluding hydrogens is 222 g/mol. The molecule has 17 heavy (non-hydrogen) atoms. The van der Waals surface area contributed by atoms with Crippen LogP contribution < -0.4 is 15.5 Å². The molecule has 1 fully saturated rings. The third-order valence-corrected chi connectivity index (χ3v) is 2.52. The molecule has 0 aromatic carbocycles. The molecule has 0 bridgehead atoms. The van der Waals surface area contributed by atoms with Crippen LogP contribution in [-0.2, 0) is 4.74 Å². The van der Waals surface area contributed by atoms with Gasteiger partial charge in [0.05, 0.1) is 20.3 Å². The van der Waals surface area contributed by atoms with Gasteiger partial charge in [0.25, 0.3) is 0 Å². The van der Waals surface area contributed by atoms with Gasteiger partial charge in [-0.1, -0.05) is 0 Å². The molecule has 0 saturated carbocycles. The van der Waals surface area contributed by atoms with E-state index in [0.717, 1.165) is 26.3 Å². The zero-order chi connectivity index (χ0) is 12.1. The van der Waals surface area contributed by atoms with Crippen LogP contribution in [-0.4, -0.2) is 55.4 Å². The third-order valence-electron chi connectivity index (χ3n) is 2.52. The highest BCUT2D eigenvalue weighted by atomic mass is 16.5. The molecule has 1 aromatic heterocycles. The summed E-state index contributed by atoms with van der Waals surface area (Å²) in [6.07, 6.45) is 1.50. The number of aromatic nitrogens is 2. The maximum atomic E-state index is 5.30. The van der Waals surface area contributed by atoms with Crippen LogP contribution in [0.3, 0.4) is 0 Å². The number of nitrogens with one attached hydrogen (secondary N) is 2. The zero-order valence-corrected chi connectivity index (χ0v) is 10.1. The fourth-order valence-electron chi connectivity index (χ4n) is 1.65. The van der Waals surface area contributed by atoms with Gasteiger partial charge in [0.1, 0.15) is 6.33 Å². The smallest absolute Gasteiger partial charge is 0.205 e. The normalized spacial score (nSPS) is 16.6. The SMILES string of the molecule is CNc1ncnc(NN2CCOCC2)c1OC. The van der Waals surface area contributed by atoms with Gasteiger partial charge in [0.2, 0.25) is 5.75 Å². The Morgan fingerprint density at radius 3 is 2.65 bits per heavy atom. The zero-order valence-electron chi connectivity index (χ0n) is 10.1. The first-order valence-electron chi connectivity index (χ1n) is 5.51. The number of hydrogen-bond donors (Lipinski definition) is 2. The summed E-state index contributed by atoms with van der Waals surface area (Å²) in [5.41, 5.74) is 3.21. The van der Waals surface area contributed by atoms with Crippen LogP contribution >= 0.6 is 0 Å². The van der Waals surface area contributed by atoms with Crippen molar-refractivity contribution in [3.05, 3.63) is 6.33 Å². The molecule has 2 rings (SSSR count). The summed E-state index contributed by atoms with van der Waals surface area (Å²) in [6, 6.07) is 0. The first-order chi connectivity index (χ1) is 8.35. The number of morpholine rings is 1. The van der Waals surface area contributed by atoms with Gasteiger partial charge in [0, 0.05) is 20.1 Å². The van der Waals surface area contributed by atoms with Gasteiger partial charge in [0.15, 0.2) is 11.6 Å². The maximum absolute atomic E-state index is 5.30. The molecule has 0 spiro atoms. The van der Waals surface area contributed by atoms with Gasteiger partial charge < -0.3 is 14.8 Å². The predicted octanol–water partition coefficient (Wildman–Crippen LogP) is 0.186. The molecule has 2 heterocycles. The Balaban J connectivity index is 2.13. The molecule has 7 heteroatoms. The van der Waals surface area contributed by atoms with Crippen molar-refractivity contribution in [2.75, 3.05) is 51.2 Å². The quantitative estimate of drug-likeness (QED) is 0.777. The maximum Gasteiger partial charge on any atom is 0.205 e. The van der Waals surface area contributed by atoms with Crippen molar-refractivity contribution in [2.24, 2.45) is 0 Å². The number of rotatable bonds is 4. The van der Waals surface area contributed by atoms with Crippen molar-refractivity contribution in [3.8, 4) is 5.75 Å². The minimum atomic E-state index is 0.612. The lowest BCUT2D eigenvalue weighted by atomic mass is 10.4. The van der Waals surface area contributed by atoms with Gasteiger partial charge in [-0.2, -0.15) is 0 Å². The van der Waals surface area contributed by atoms with Crippen LogP contribution in [0.25, 0.3) is 0 Å². The fraction of sp³-hybridized carbons (Fsp3) is 0.600. The van der Waals surface area contributed by atoms with E-state index in [1.807, 2.05) is 5.01 Å². The van der Waals surface area contributed by atoms with E-state index < -0.39 is 0 Å². The van der Waals surface area contributed by atoms with Gasteiger partial charge in [-0.3, -0.25) is 5.43 Å². The molecule has 0 amide bonds. The Morgan fingerprint density at radius 1 is 1.29 bits per heavy atom. The third kappa shape index (κ3) is 2.75. The summed E-state index contributed by atoms with van der Waals surface area (Å²) in [4.78, 5) is 8.27.